The van der Waals surface area contributed by atoms with Crippen molar-refractivity contribution in [2.45, 2.75) is 12.8 Å². The van der Waals surface area contributed by atoms with Crippen LogP contribution in [0.25, 0.3) is 16.9 Å². The summed E-state index contributed by atoms with van der Waals surface area (Å²) in [6, 6.07) is 7.68. The minimum Gasteiger partial charge on any atom is -0.497 e. The van der Waals surface area contributed by atoms with Crippen LogP contribution in [0.15, 0.2) is 29.6 Å². The molecule has 1 amide bonds. The van der Waals surface area contributed by atoms with Gasteiger partial charge in [0.15, 0.2) is 5.69 Å². The third kappa shape index (κ3) is 3.21. The summed E-state index contributed by atoms with van der Waals surface area (Å²) < 4.78 is 7.15. The second kappa shape index (κ2) is 7.72. The first kappa shape index (κ1) is 19.6. The highest BCUT2D eigenvalue weighted by Gasteiger charge is 2.32. The summed E-state index contributed by atoms with van der Waals surface area (Å²) in [4.78, 5) is 18.9. The number of carbonyl (C=O) groups excluding carboxylic acids is 1. The molecule has 0 saturated carbocycles. The smallest absolute Gasteiger partial charge is 0.274 e. The molecule has 0 bridgehead atoms. The number of piperazine rings is 1. The van der Waals surface area contributed by atoms with Crippen molar-refractivity contribution >= 4 is 28.8 Å². The van der Waals surface area contributed by atoms with Crippen LogP contribution in [0.3, 0.4) is 0 Å². The second-order valence-corrected chi connectivity index (χ2v) is 9.17. The van der Waals surface area contributed by atoms with E-state index in [1.54, 1.807) is 24.5 Å². The first-order valence-corrected chi connectivity index (χ1v) is 11.3. The van der Waals surface area contributed by atoms with E-state index in [-0.39, 0.29) is 5.91 Å². The van der Waals surface area contributed by atoms with Crippen molar-refractivity contribution in [3.05, 3.63) is 50.8 Å². The number of aromatic nitrogens is 2. The molecule has 156 valence electrons. The number of hydrogen-bond acceptors (Lipinski definition) is 5. The topological polar surface area (TPSA) is 50.6 Å². The molecule has 5 rings (SSSR count). The fraction of sp³-hybridized carbons (Fsp3) is 0.364. The van der Waals surface area contributed by atoms with Crippen LogP contribution in [0.1, 0.15) is 20.9 Å². The number of benzene rings is 1. The first-order chi connectivity index (χ1) is 14.6. The Morgan fingerprint density at radius 3 is 2.70 bits per heavy atom. The average Bonchev–Trinajstić information content (AvgIpc) is 3.38. The van der Waals surface area contributed by atoms with Crippen molar-refractivity contribution in [1.82, 2.24) is 19.6 Å². The van der Waals surface area contributed by atoms with E-state index >= 15 is 0 Å². The maximum atomic E-state index is 13.4. The van der Waals surface area contributed by atoms with Crippen LogP contribution in [0.4, 0.5) is 0 Å². The Morgan fingerprint density at radius 2 is 1.97 bits per heavy atom. The van der Waals surface area contributed by atoms with Gasteiger partial charge in [-0.05, 0) is 43.5 Å². The number of hydrogen-bond donors (Lipinski definition) is 0. The Labute approximate surface area is 184 Å². The van der Waals surface area contributed by atoms with E-state index in [1.807, 2.05) is 21.7 Å². The van der Waals surface area contributed by atoms with Crippen LogP contribution in [-0.4, -0.2) is 65.8 Å². The van der Waals surface area contributed by atoms with E-state index < -0.39 is 0 Å². The fourth-order valence-corrected chi connectivity index (χ4v) is 5.37. The molecular weight excluding hydrogens is 420 g/mol. The Bertz CT molecular complexity index is 1110. The highest BCUT2D eigenvalue weighted by Crippen LogP contribution is 2.41. The van der Waals surface area contributed by atoms with E-state index in [9.17, 15) is 4.79 Å². The molecule has 0 atom stereocenters. The van der Waals surface area contributed by atoms with Gasteiger partial charge in [-0.25, -0.2) is 4.68 Å². The zero-order chi connectivity index (χ0) is 20.8. The molecule has 0 spiro atoms. The van der Waals surface area contributed by atoms with Gasteiger partial charge in [-0.3, -0.25) is 4.79 Å². The van der Waals surface area contributed by atoms with Gasteiger partial charge >= 0.3 is 0 Å². The lowest BCUT2D eigenvalue weighted by atomic mass is 9.94. The number of aryl methyl sites for hydroxylation is 1. The van der Waals surface area contributed by atoms with Gasteiger partial charge in [0, 0.05) is 48.2 Å². The lowest BCUT2D eigenvalue weighted by Gasteiger charge is -2.32. The molecule has 0 radical (unpaired) electrons. The molecule has 2 aliphatic rings. The minimum atomic E-state index is 0.0152. The van der Waals surface area contributed by atoms with Crippen molar-refractivity contribution in [3.63, 3.8) is 0 Å². The fourth-order valence-electron chi connectivity index (χ4n) is 4.24. The predicted molar refractivity (Wildman–Crippen MR) is 119 cm³/mol. The third-order valence-electron chi connectivity index (χ3n) is 5.96. The Hall–Kier alpha value is -2.35. The summed E-state index contributed by atoms with van der Waals surface area (Å²) >= 11 is 8.35. The van der Waals surface area contributed by atoms with Gasteiger partial charge in [-0.1, -0.05) is 11.6 Å². The van der Waals surface area contributed by atoms with Crippen molar-refractivity contribution in [1.29, 1.82) is 0 Å². The van der Waals surface area contributed by atoms with Crippen LogP contribution in [0.5, 0.6) is 5.75 Å². The van der Waals surface area contributed by atoms with Crippen LogP contribution >= 0.6 is 22.9 Å². The molecule has 1 aliphatic carbocycles. The highest BCUT2D eigenvalue weighted by atomic mass is 35.5. The lowest BCUT2D eigenvalue weighted by molar-refractivity contribution is 0.0656. The normalized spacial score (nSPS) is 16.3. The van der Waals surface area contributed by atoms with Crippen LogP contribution < -0.4 is 4.74 Å². The zero-order valence-corrected chi connectivity index (χ0v) is 18.6. The van der Waals surface area contributed by atoms with E-state index in [4.69, 9.17) is 21.4 Å². The largest absolute Gasteiger partial charge is 0.497 e. The number of amides is 1. The summed E-state index contributed by atoms with van der Waals surface area (Å²) in [7, 11) is 3.70. The maximum Gasteiger partial charge on any atom is 0.274 e. The van der Waals surface area contributed by atoms with Crippen LogP contribution in [0.2, 0.25) is 5.02 Å². The summed E-state index contributed by atoms with van der Waals surface area (Å²) in [5.74, 6) is 0.705. The number of carbonyl (C=O) groups is 1. The molecule has 0 N–H and O–H groups in total. The predicted octanol–water partition coefficient (Wildman–Crippen LogP) is 3.75. The van der Waals surface area contributed by atoms with Crippen molar-refractivity contribution < 1.29 is 9.53 Å². The summed E-state index contributed by atoms with van der Waals surface area (Å²) in [6.07, 6.45) is 1.75. The molecule has 1 fully saturated rings. The van der Waals surface area contributed by atoms with Gasteiger partial charge in [0.25, 0.3) is 5.91 Å². The Kier molecular flexibility index (Phi) is 5.05. The average molecular weight is 443 g/mol. The van der Waals surface area contributed by atoms with Gasteiger partial charge in [0.2, 0.25) is 0 Å². The van der Waals surface area contributed by atoms with Gasteiger partial charge in [0.1, 0.15) is 5.75 Å². The molecule has 1 aromatic carbocycles. The third-order valence-corrected chi connectivity index (χ3v) is 7.25. The molecule has 2 aromatic heterocycles. The van der Waals surface area contributed by atoms with Crippen LogP contribution in [-0.2, 0) is 12.8 Å². The highest BCUT2D eigenvalue weighted by molar-refractivity contribution is 7.10. The molecule has 3 heterocycles. The van der Waals surface area contributed by atoms with Gasteiger partial charge in [-0.15, -0.1) is 11.3 Å². The molecule has 0 unspecified atom stereocenters. The minimum absolute atomic E-state index is 0.0152. The standard InChI is InChI=1S/C22H23ClN4O2S/c1-25-8-10-26(11-9-25)22(28)20-16-4-6-19-15(7-12-30-19)21(16)27(24-20)18-5-3-14(29-2)13-17(18)23/h3,5,7,12-13H,4,6,8-11H2,1-2H3. The number of methoxy groups -OCH3 is 1. The first-order valence-electron chi connectivity index (χ1n) is 10.1. The van der Waals surface area contributed by atoms with Crippen molar-refractivity contribution in [2.75, 3.05) is 40.3 Å². The zero-order valence-electron chi connectivity index (χ0n) is 17.0. The van der Waals surface area contributed by atoms with Gasteiger partial charge < -0.3 is 14.5 Å². The Morgan fingerprint density at radius 1 is 1.17 bits per heavy atom. The van der Waals surface area contributed by atoms with E-state index in [0.717, 1.165) is 61.5 Å². The molecule has 3 aromatic rings. The van der Waals surface area contributed by atoms with E-state index in [2.05, 4.69) is 23.4 Å². The van der Waals surface area contributed by atoms with Gasteiger partial charge in [-0.2, -0.15) is 5.10 Å². The molecule has 1 saturated heterocycles. The summed E-state index contributed by atoms with van der Waals surface area (Å²) in [5, 5.41) is 7.49. The monoisotopic (exact) mass is 442 g/mol. The summed E-state index contributed by atoms with van der Waals surface area (Å²) in [5.41, 5.74) is 4.47. The number of thiophene rings is 1. The molecular formula is C22H23ClN4O2S. The maximum absolute atomic E-state index is 13.4. The SMILES string of the molecule is COc1ccc(-n2nc(C(=O)N3CCN(C)CC3)c3c2-c2ccsc2CC3)c(Cl)c1. The Balaban J connectivity index is 1.64. The number of rotatable bonds is 3. The van der Waals surface area contributed by atoms with Gasteiger partial charge in [0.05, 0.1) is 23.5 Å². The number of halogens is 1. The van der Waals surface area contributed by atoms with Crippen molar-refractivity contribution in [2.24, 2.45) is 0 Å². The molecule has 6 nitrogen and oxygen atoms in total. The van der Waals surface area contributed by atoms with Crippen LogP contribution in [0, 0.1) is 0 Å². The number of nitrogens with zero attached hydrogens (tertiary/aromatic N) is 4. The van der Waals surface area contributed by atoms with E-state index in [1.165, 1.54) is 4.88 Å². The number of fused-ring (bicyclic) bond motifs is 3. The molecule has 8 heteroatoms. The molecule has 1 aliphatic heterocycles. The quantitative estimate of drug-likeness (QED) is 0.620. The second-order valence-electron chi connectivity index (χ2n) is 7.76. The number of ether oxygens (including phenoxy) is 1. The molecule has 30 heavy (non-hydrogen) atoms. The summed E-state index contributed by atoms with van der Waals surface area (Å²) in [6.45, 7) is 3.22. The number of likely N-dealkylation sites (N-methyl/N-ethyl adjacent to an activating group) is 1. The van der Waals surface area contributed by atoms with Crippen molar-refractivity contribution in [3.8, 4) is 22.7 Å². The van der Waals surface area contributed by atoms with E-state index in [0.29, 0.717) is 16.5 Å². The lowest BCUT2D eigenvalue weighted by Crippen LogP contribution is -2.47.